The van der Waals surface area contributed by atoms with E-state index in [4.69, 9.17) is 9.72 Å². The number of benzene rings is 4. The largest absolute Gasteiger partial charge is 0.457 e. The van der Waals surface area contributed by atoms with Crippen LogP contribution < -0.4 is 4.74 Å². The molecule has 5 nitrogen and oxygen atoms in total. The van der Waals surface area contributed by atoms with Crippen molar-refractivity contribution in [3.8, 4) is 34.1 Å². The van der Waals surface area contributed by atoms with Crippen LogP contribution in [0.4, 0.5) is 26.3 Å². The molecular weight excluding hydrogens is 666 g/mol. The SMILES string of the molecule is Cc1cc(C)c(C(F)(F)F)c(-c2cnn(-c3cccc(Oc4ccc5c6ccccc6n(-c6cc(C(C)(C)C)ccn6)c5c4)c3)c2)c1C(F)(F)F. The third-order valence-electron chi connectivity index (χ3n) is 8.96. The molecule has 0 aliphatic carbocycles. The molecule has 0 aliphatic rings. The van der Waals surface area contributed by atoms with Crippen molar-refractivity contribution in [2.24, 2.45) is 0 Å². The molecule has 260 valence electrons. The van der Waals surface area contributed by atoms with E-state index in [0.29, 0.717) is 17.2 Å². The number of nitrogens with zero attached hydrogens (tertiary/aromatic N) is 4. The summed E-state index contributed by atoms with van der Waals surface area (Å²) in [6.45, 7) is 8.74. The summed E-state index contributed by atoms with van der Waals surface area (Å²) in [5.74, 6) is 1.66. The molecule has 0 N–H and O–H groups in total. The monoisotopic (exact) mass is 698 g/mol. The number of hydrogen-bond acceptors (Lipinski definition) is 3. The second-order valence-corrected chi connectivity index (χ2v) is 13.6. The fraction of sp³-hybridized carbons (Fsp3) is 0.200. The highest BCUT2D eigenvalue weighted by atomic mass is 19.4. The smallest absolute Gasteiger partial charge is 0.417 e. The summed E-state index contributed by atoms with van der Waals surface area (Å²) in [5, 5.41) is 6.21. The zero-order chi connectivity index (χ0) is 36.5. The van der Waals surface area contributed by atoms with Crippen molar-refractivity contribution in [1.82, 2.24) is 19.3 Å². The van der Waals surface area contributed by atoms with Gasteiger partial charge in [0.15, 0.2) is 0 Å². The molecule has 3 aromatic heterocycles. The quantitative estimate of drug-likeness (QED) is 0.168. The van der Waals surface area contributed by atoms with Gasteiger partial charge >= 0.3 is 12.4 Å². The Kier molecular flexibility index (Phi) is 8.00. The third kappa shape index (κ3) is 6.21. The van der Waals surface area contributed by atoms with Crippen molar-refractivity contribution in [2.45, 2.75) is 52.4 Å². The maximum atomic E-state index is 14.2. The van der Waals surface area contributed by atoms with Gasteiger partial charge in [-0.3, -0.25) is 4.57 Å². The van der Waals surface area contributed by atoms with Crippen molar-refractivity contribution >= 4 is 21.8 Å². The van der Waals surface area contributed by atoms with Crippen LogP contribution >= 0.6 is 0 Å². The van der Waals surface area contributed by atoms with Gasteiger partial charge in [0.1, 0.15) is 17.3 Å². The second kappa shape index (κ2) is 12.0. The average Bonchev–Trinajstić information content (AvgIpc) is 3.66. The van der Waals surface area contributed by atoms with Gasteiger partial charge in [0.05, 0.1) is 34.0 Å². The van der Waals surface area contributed by atoms with Crippen LogP contribution in [0.15, 0.2) is 104 Å². The lowest BCUT2D eigenvalue weighted by Gasteiger charge is -2.22. The van der Waals surface area contributed by atoms with Gasteiger partial charge < -0.3 is 4.74 Å². The van der Waals surface area contributed by atoms with E-state index in [1.807, 2.05) is 42.5 Å². The van der Waals surface area contributed by atoms with Gasteiger partial charge in [-0.25, -0.2) is 9.67 Å². The number of halogens is 6. The van der Waals surface area contributed by atoms with Crippen molar-refractivity contribution in [1.29, 1.82) is 0 Å². The molecule has 0 unspecified atom stereocenters. The molecule has 11 heteroatoms. The number of alkyl halides is 6. The molecule has 7 rings (SSSR count). The fourth-order valence-electron chi connectivity index (χ4n) is 6.69. The maximum absolute atomic E-state index is 14.2. The van der Waals surface area contributed by atoms with E-state index >= 15 is 0 Å². The molecule has 3 heterocycles. The second-order valence-electron chi connectivity index (χ2n) is 13.6. The first-order chi connectivity index (χ1) is 24.0. The van der Waals surface area contributed by atoms with Crippen molar-refractivity contribution in [3.05, 3.63) is 131 Å². The van der Waals surface area contributed by atoms with Crippen molar-refractivity contribution in [3.63, 3.8) is 0 Å². The highest BCUT2D eigenvalue weighted by molar-refractivity contribution is 6.09. The lowest BCUT2D eigenvalue weighted by Crippen LogP contribution is -2.17. The van der Waals surface area contributed by atoms with E-state index in [0.717, 1.165) is 59.3 Å². The minimum atomic E-state index is -5.03. The average molecular weight is 699 g/mol. The minimum absolute atomic E-state index is 0.0920. The number of hydrogen-bond donors (Lipinski definition) is 0. The Hall–Kier alpha value is -5.58. The molecule has 7 aromatic rings. The van der Waals surface area contributed by atoms with E-state index in [1.165, 1.54) is 10.9 Å². The summed E-state index contributed by atoms with van der Waals surface area (Å²) < 4.78 is 94.9. The summed E-state index contributed by atoms with van der Waals surface area (Å²) in [6, 6.07) is 25.4. The van der Waals surface area contributed by atoms with Crippen LogP contribution in [-0.2, 0) is 17.8 Å². The van der Waals surface area contributed by atoms with Crippen molar-refractivity contribution in [2.75, 3.05) is 0 Å². The van der Waals surface area contributed by atoms with Gasteiger partial charge in [-0.05, 0) is 78.4 Å². The number of ether oxygens (including phenoxy) is 1. The number of para-hydroxylation sites is 1. The molecule has 0 amide bonds. The molecule has 0 spiro atoms. The highest BCUT2D eigenvalue weighted by Gasteiger charge is 2.44. The Morgan fingerprint density at radius 1 is 0.667 bits per heavy atom. The summed E-state index contributed by atoms with van der Waals surface area (Å²) in [5.41, 5.74) is -1.29. The highest BCUT2D eigenvalue weighted by Crippen LogP contribution is 2.47. The molecule has 4 aromatic carbocycles. The van der Waals surface area contributed by atoms with Gasteiger partial charge in [0.25, 0.3) is 0 Å². The predicted molar refractivity (Wildman–Crippen MR) is 186 cm³/mol. The van der Waals surface area contributed by atoms with Gasteiger partial charge in [0.2, 0.25) is 0 Å². The Morgan fingerprint density at radius 2 is 1.33 bits per heavy atom. The molecule has 0 fully saturated rings. The Morgan fingerprint density at radius 3 is 2.02 bits per heavy atom. The van der Waals surface area contributed by atoms with E-state index in [2.05, 4.69) is 42.6 Å². The number of pyridine rings is 1. The van der Waals surface area contributed by atoms with E-state index in [9.17, 15) is 26.3 Å². The Balaban J connectivity index is 1.28. The lowest BCUT2D eigenvalue weighted by molar-refractivity contribution is -0.142. The summed E-state index contributed by atoms with van der Waals surface area (Å²) in [7, 11) is 0. The van der Waals surface area contributed by atoms with Crippen LogP contribution in [0, 0.1) is 13.8 Å². The van der Waals surface area contributed by atoms with E-state index in [1.54, 1.807) is 30.5 Å². The molecule has 0 saturated carbocycles. The summed E-state index contributed by atoms with van der Waals surface area (Å²) in [4.78, 5) is 4.71. The van der Waals surface area contributed by atoms with E-state index in [-0.39, 0.29) is 22.1 Å². The van der Waals surface area contributed by atoms with Gasteiger partial charge in [-0.2, -0.15) is 31.4 Å². The number of rotatable bonds is 5. The summed E-state index contributed by atoms with van der Waals surface area (Å²) in [6.07, 6.45) is -6.07. The number of fused-ring (bicyclic) bond motifs is 3. The fourth-order valence-corrected chi connectivity index (χ4v) is 6.69. The Labute approximate surface area is 289 Å². The zero-order valence-electron chi connectivity index (χ0n) is 28.3. The molecule has 51 heavy (non-hydrogen) atoms. The van der Waals surface area contributed by atoms with Crippen LogP contribution in [0.1, 0.15) is 48.6 Å². The molecule has 0 radical (unpaired) electrons. The van der Waals surface area contributed by atoms with Crippen LogP contribution in [-0.4, -0.2) is 19.3 Å². The van der Waals surface area contributed by atoms with Crippen molar-refractivity contribution < 1.29 is 31.1 Å². The predicted octanol–water partition coefficient (Wildman–Crippen LogP) is 11.8. The van der Waals surface area contributed by atoms with Crippen LogP contribution in [0.5, 0.6) is 11.5 Å². The molecular formula is C40H32F6N4O. The van der Waals surface area contributed by atoms with Crippen LogP contribution in [0.3, 0.4) is 0 Å². The van der Waals surface area contributed by atoms with Crippen LogP contribution in [0.25, 0.3) is 44.4 Å². The first-order valence-electron chi connectivity index (χ1n) is 16.1. The first kappa shape index (κ1) is 33.9. The first-order valence-corrected chi connectivity index (χ1v) is 16.1. The molecule has 0 aliphatic heterocycles. The van der Waals surface area contributed by atoms with Gasteiger partial charge in [-0.1, -0.05) is 51.1 Å². The van der Waals surface area contributed by atoms with Gasteiger partial charge in [0, 0.05) is 46.4 Å². The topological polar surface area (TPSA) is 44.9 Å². The van der Waals surface area contributed by atoms with E-state index < -0.39 is 29.0 Å². The Bertz CT molecular complexity index is 2410. The zero-order valence-corrected chi connectivity index (χ0v) is 28.3. The standard InChI is InChI=1S/C40H32F6N4O/c1-23-17-24(2)37(40(44,45)46)35(36(23)39(41,42)43)25-21-48-49(22-25)27-9-8-10-28(19-27)51-29-13-14-31-30-11-6-7-12-32(30)50(33(31)20-29)34-18-26(15-16-47-34)38(3,4)5/h6-22H,1-5H3. The minimum Gasteiger partial charge on any atom is -0.457 e. The van der Waals surface area contributed by atoms with Gasteiger partial charge in [-0.15, -0.1) is 0 Å². The molecule has 0 atom stereocenters. The number of aryl methyl sites for hydroxylation is 2. The maximum Gasteiger partial charge on any atom is 0.417 e. The normalized spacial score (nSPS) is 12.6. The lowest BCUT2D eigenvalue weighted by atomic mass is 9.88. The third-order valence-corrected chi connectivity index (χ3v) is 8.96. The summed E-state index contributed by atoms with van der Waals surface area (Å²) >= 11 is 0. The molecule has 0 saturated heterocycles. The molecule has 0 bridgehead atoms. The van der Waals surface area contributed by atoms with Crippen LogP contribution in [0.2, 0.25) is 0 Å². The number of aromatic nitrogens is 4.